The molecule has 0 spiro atoms. The molecule has 0 saturated carbocycles. The molecule has 1 atom stereocenters. The molecule has 1 heterocycles. The lowest BCUT2D eigenvalue weighted by Gasteiger charge is -2.10. The van der Waals surface area contributed by atoms with E-state index in [0.29, 0.717) is 5.92 Å². The summed E-state index contributed by atoms with van der Waals surface area (Å²) in [6, 6.07) is 0. The molecule has 1 unspecified atom stereocenters. The second-order valence-electron chi connectivity index (χ2n) is 3.14. The fraction of sp³-hybridized carbons (Fsp3) is 0.667. The van der Waals surface area contributed by atoms with Crippen LogP contribution >= 0.6 is 12.6 Å². The van der Waals surface area contributed by atoms with Crippen LogP contribution in [0, 0.1) is 5.92 Å². The normalized spacial score (nSPS) is 13.2. The Morgan fingerprint density at radius 2 is 2.42 bits per heavy atom. The van der Waals surface area contributed by atoms with Crippen LogP contribution in [0.15, 0.2) is 12.4 Å². The molecule has 1 aromatic rings. The molecule has 0 aliphatic rings. The maximum atomic E-state index is 4.26. The molecule has 0 fully saturated rings. The highest BCUT2D eigenvalue weighted by Gasteiger charge is 2.03. The molecule has 0 bridgehead atoms. The van der Waals surface area contributed by atoms with Gasteiger partial charge in [0.1, 0.15) is 5.82 Å². The molecular formula is C9H16N2S. The van der Waals surface area contributed by atoms with Gasteiger partial charge in [-0.05, 0) is 11.7 Å². The standard InChI is InChI=1S/C9H16N2S/c1-3-9-10-4-5-11(9)6-8(2)7-12/h4-5,8,12H,3,6-7H2,1-2H3. The van der Waals surface area contributed by atoms with Crippen molar-refractivity contribution in [2.45, 2.75) is 26.8 Å². The summed E-state index contributed by atoms with van der Waals surface area (Å²) in [7, 11) is 0. The summed E-state index contributed by atoms with van der Waals surface area (Å²) >= 11 is 4.26. The SMILES string of the molecule is CCc1nccn1CC(C)CS. The number of thiol groups is 1. The Morgan fingerprint density at radius 3 is 3.00 bits per heavy atom. The van der Waals surface area contributed by atoms with Gasteiger partial charge in [-0.2, -0.15) is 12.6 Å². The number of aryl methyl sites for hydroxylation is 1. The molecule has 0 aliphatic heterocycles. The van der Waals surface area contributed by atoms with Gasteiger partial charge in [0.05, 0.1) is 0 Å². The van der Waals surface area contributed by atoms with E-state index in [1.807, 2.05) is 12.4 Å². The van der Waals surface area contributed by atoms with Crippen molar-refractivity contribution in [1.82, 2.24) is 9.55 Å². The second kappa shape index (κ2) is 4.55. The van der Waals surface area contributed by atoms with Crippen LogP contribution in [0.4, 0.5) is 0 Å². The first kappa shape index (κ1) is 9.65. The maximum absolute atomic E-state index is 4.26. The van der Waals surface area contributed by atoms with E-state index in [0.717, 1.165) is 18.7 Å². The van der Waals surface area contributed by atoms with Crippen LogP contribution in [-0.4, -0.2) is 15.3 Å². The molecule has 0 aliphatic carbocycles. The Hall–Kier alpha value is -0.440. The average Bonchev–Trinajstić information content (AvgIpc) is 2.51. The van der Waals surface area contributed by atoms with E-state index in [2.05, 4.69) is 36.0 Å². The third-order valence-corrected chi connectivity index (χ3v) is 2.56. The van der Waals surface area contributed by atoms with Crippen molar-refractivity contribution in [2.75, 3.05) is 5.75 Å². The summed E-state index contributed by atoms with van der Waals surface area (Å²) in [6.07, 6.45) is 4.91. The van der Waals surface area contributed by atoms with Gasteiger partial charge >= 0.3 is 0 Å². The number of nitrogens with zero attached hydrogens (tertiary/aromatic N) is 2. The highest BCUT2D eigenvalue weighted by Crippen LogP contribution is 2.05. The lowest BCUT2D eigenvalue weighted by molar-refractivity contribution is 0.516. The van der Waals surface area contributed by atoms with Crippen molar-refractivity contribution in [3.63, 3.8) is 0 Å². The molecule has 2 nitrogen and oxygen atoms in total. The molecule has 68 valence electrons. The van der Waals surface area contributed by atoms with Gasteiger partial charge in [0.25, 0.3) is 0 Å². The van der Waals surface area contributed by atoms with Gasteiger partial charge in [-0.3, -0.25) is 0 Å². The van der Waals surface area contributed by atoms with E-state index in [1.165, 1.54) is 5.82 Å². The highest BCUT2D eigenvalue weighted by molar-refractivity contribution is 7.80. The summed E-state index contributed by atoms with van der Waals surface area (Å²) in [5.74, 6) is 2.72. The van der Waals surface area contributed by atoms with Crippen LogP contribution in [0.5, 0.6) is 0 Å². The van der Waals surface area contributed by atoms with Gasteiger partial charge in [0.2, 0.25) is 0 Å². The van der Waals surface area contributed by atoms with E-state index in [4.69, 9.17) is 0 Å². The fourth-order valence-corrected chi connectivity index (χ4v) is 1.33. The molecule has 0 saturated heterocycles. The fourth-order valence-electron chi connectivity index (χ4n) is 1.21. The Labute approximate surface area is 79.4 Å². The van der Waals surface area contributed by atoms with Crippen molar-refractivity contribution in [3.8, 4) is 0 Å². The number of hydrogen-bond acceptors (Lipinski definition) is 2. The van der Waals surface area contributed by atoms with Gasteiger partial charge in [-0.25, -0.2) is 4.98 Å². The van der Waals surface area contributed by atoms with Crippen LogP contribution in [-0.2, 0) is 13.0 Å². The zero-order valence-corrected chi connectivity index (χ0v) is 8.59. The Balaban J connectivity index is 2.61. The lowest BCUT2D eigenvalue weighted by atomic mass is 10.2. The van der Waals surface area contributed by atoms with Crippen molar-refractivity contribution in [1.29, 1.82) is 0 Å². The molecule has 0 aromatic carbocycles. The van der Waals surface area contributed by atoms with Crippen LogP contribution in [0.1, 0.15) is 19.7 Å². The van der Waals surface area contributed by atoms with Crippen LogP contribution in [0.25, 0.3) is 0 Å². The molecule has 0 N–H and O–H groups in total. The first-order chi connectivity index (χ1) is 5.77. The first-order valence-corrected chi connectivity index (χ1v) is 5.02. The van der Waals surface area contributed by atoms with Crippen molar-refractivity contribution in [2.24, 2.45) is 5.92 Å². The summed E-state index contributed by atoms with van der Waals surface area (Å²) < 4.78 is 2.21. The number of imidazole rings is 1. The third-order valence-electron chi connectivity index (χ3n) is 1.94. The van der Waals surface area contributed by atoms with Crippen molar-refractivity contribution in [3.05, 3.63) is 18.2 Å². The molecular weight excluding hydrogens is 168 g/mol. The highest BCUT2D eigenvalue weighted by atomic mass is 32.1. The summed E-state index contributed by atoms with van der Waals surface area (Å²) in [4.78, 5) is 4.26. The predicted octanol–water partition coefficient (Wildman–Crippen LogP) is 2.01. The minimum Gasteiger partial charge on any atom is -0.335 e. The van der Waals surface area contributed by atoms with E-state index < -0.39 is 0 Å². The second-order valence-corrected chi connectivity index (χ2v) is 3.50. The molecule has 0 amide bonds. The maximum Gasteiger partial charge on any atom is 0.108 e. The Kier molecular flexibility index (Phi) is 3.66. The zero-order chi connectivity index (χ0) is 8.97. The smallest absolute Gasteiger partial charge is 0.108 e. The molecule has 3 heteroatoms. The number of hydrogen-bond donors (Lipinski definition) is 1. The Bertz CT molecular complexity index is 232. The quantitative estimate of drug-likeness (QED) is 0.709. The van der Waals surface area contributed by atoms with Gasteiger partial charge in [0.15, 0.2) is 0 Å². The van der Waals surface area contributed by atoms with E-state index in [-0.39, 0.29) is 0 Å². The largest absolute Gasteiger partial charge is 0.335 e. The minimum atomic E-state index is 0.618. The van der Waals surface area contributed by atoms with Crippen LogP contribution in [0.2, 0.25) is 0 Å². The van der Waals surface area contributed by atoms with Gasteiger partial charge in [-0.1, -0.05) is 13.8 Å². The van der Waals surface area contributed by atoms with E-state index in [9.17, 15) is 0 Å². The van der Waals surface area contributed by atoms with Gasteiger partial charge < -0.3 is 4.57 Å². The number of aromatic nitrogens is 2. The summed E-state index contributed by atoms with van der Waals surface area (Å²) in [5, 5.41) is 0. The topological polar surface area (TPSA) is 17.8 Å². The monoisotopic (exact) mass is 184 g/mol. The van der Waals surface area contributed by atoms with E-state index in [1.54, 1.807) is 0 Å². The average molecular weight is 184 g/mol. The van der Waals surface area contributed by atoms with Gasteiger partial charge in [-0.15, -0.1) is 0 Å². The first-order valence-electron chi connectivity index (χ1n) is 4.38. The van der Waals surface area contributed by atoms with Gasteiger partial charge in [0, 0.05) is 25.4 Å². The molecule has 1 aromatic heterocycles. The lowest BCUT2D eigenvalue weighted by Crippen LogP contribution is -2.10. The number of rotatable bonds is 4. The van der Waals surface area contributed by atoms with E-state index >= 15 is 0 Å². The summed E-state index contributed by atoms with van der Waals surface area (Å²) in [5.41, 5.74) is 0. The molecule has 1 rings (SSSR count). The third kappa shape index (κ3) is 2.27. The minimum absolute atomic E-state index is 0.618. The zero-order valence-electron chi connectivity index (χ0n) is 7.70. The van der Waals surface area contributed by atoms with Crippen molar-refractivity contribution >= 4 is 12.6 Å². The molecule has 12 heavy (non-hydrogen) atoms. The van der Waals surface area contributed by atoms with Crippen LogP contribution < -0.4 is 0 Å². The Morgan fingerprint density at radius 1 is 1.67 bits per heavy atom. The predicted molar refractivity (Wildman–Crippen MR) is 54.6 cm³/mol. The summed E-state index contributed by atoms with van der Waals surface area (Å²) in [6.45, 7) is 5.36. The molecule has 0 radical (unpaired) electrons. The van der Waals surface area contributed by atoms with Crippen LogP contribution in [0.3, 0.4) is 0 Å². The van der Waals surface area contributed by atoms with Crippen molar-refractivity contribution < 1.29 is 0 Å².